The molecule has 0 aliphatic rings. The zero-order valence-electron chi connectivity index (χ0n) is 10.2. The van der Waals surface area contributed by atoms with Gasteiger partial charge in [-0.25, -0.2) is 4.68 Å². The van der Waals surface area contributed by atoms with Gasteiger partial charge in [-0.05, 0) is 18.6 Å². The van der Waals surface area contributed by atoms with Gasteiger partial charge in [0.05, 0.1) is 11.9 Å². The Labute approximate surface area is 110 Å². The van der Waals surface area contributed by atoms with Crippen molar-refractivity contribution in [3.8, 4) is 0 Å². The van der Waals surface area contributed by atoms with Gasteiger partial charge in [0.2, 0.25) is 0 Å². The Morgan fingerprint density at radius 3 is 2.83 bits per heavy atom. The molecule has 2 rings (SSSR count). The minimum absolute atomic E-state index is 0.0716. The molecule has 1 heterocycles. The molecule has 0 saturated carbocycles. The SMILES string of the molecule is CCCn1nncc1C(=O)CSc1ccccc1. The highest BCUT2D eigenvalue weighted by atomic mass is 32.2. The van der Waals surface area contributed by atoms with E-state index < -0.39 is 0 Å². The third kappa shape index (κ3) is 3.20. The van der Waals surface area contributed by atoms with E-state index in [1.165, 1.54) is 11.8 Å². The van der Waals surface area contributed by atoms with E-state index in [2.05, 4.69) is 17.2 Å². The molecule has 0 amide bonds. The highest BCUT2D eigenvalue weighted by molar-refractivity contribution is 8.00. The Morgan fingerprint density at radius 2 is 2.11 bits per heavy atom. The first-order chi connectivity index (χ1) is 8.81. The van der Waals surface area contributed by atoms with Gasteiger partial charge in [-0.2, -0.15) is 0 Å². The number of carbonyl (C=O) groups is 1. The molecule has 1 aromatic heterocycles. The first kappa shape index (κ1) is 12.8. The second kappa shape index (κ2) is 6.35. The molecule has 1 aromatic carbocycles. The molecule has 94 valence electrons. The number of nitrogens with zero attached hydrogens (tertiary/aromatic N) is 3. The van der Waals surface area contributed by atoms with Crippen LogP contribution in [0.2, 0.25) is 0 Å². The maximum atomic E-state index is 12.1. The van der Waals surface area contributed by atoms with E-state index in [0.29, 0.717) is 11.4 Å². The lowest BCUT2D eigenvalue weighted by Crippen LogP contribution is -2.12. The maximum Gasteiger partial charge on any atom is 0.192 e. The van der Waals surface area contributed by atoms with Crippen LogP contribution in [0.3, 0.4) is 0 Å². The summed E-state index contributed by atoms with van der Waals surface area (Å²) in [7, 11) is 0. The molecule has 2 aromatic rings. The molecule has 0 bridgehead atoms. The lowest BCUT2D eigenvalue weighted by atomic mass is 10.3. The van der Waals surface area contributed by atoms with E-state index in [1.54, 1.807) is 10.9 Å². The first-order valence-corrected chi connectivity index (χ1v) is 6.89. The van der Waals surface area contributed by atoms with Gasteiger partial charge in [-0.1, -0.05) is 30.3 Å². The van der Waals surface area contributed by atoms with Crippen LogP contribution < -0.4 is 0 Å². The smallest absolute Gasteiger partial charge is 0.192 e. The van der Waals surface area contributed by atoms with Gasteiger partial charge < -0.3 is 0 Å². The Morgan fingerprint density at radius 1 is 1.33 bits per heavy atom. The van der Waals surface area contributed by atoms with Crippen molar-refractivity contribution in [2.45, 2.75) is 24.8 Å². The molecule has 0 saturated heterocycles. The summed E-state index contributed by atoms with van der Waals surface area (Å²) in [4.78, 5) is 13.2. The molecule has 0 N–H and O–H groups in total. The van der Waals surface area contributed by atoms with E-state index in [9.17, 15) is 4.79 Å². The third-order valence-corrected chi connectivity index (χ3v) is 3.46. The quantitative estimate of drug-likeness (QED) is 0.592. The third-order valence-electron chi connectivity index (χ3n) is 2.45. The second-order valence-electron chi connectivity index (χ2n) is 3.87. The summed E-state index contributed by atoms with van der Waals surface area (Å²) in [5.41, 5.74) is 0.597. The van der Waals surface area contributed by atoms with Crippen molar-refractivity contribution in [2.75, 3.05) is 5.75 Å². The standard InChI is InChI=1S/C13H15N3OS/c1-2-8-16-12(9-14-15-16)13(17)10-18-11-6-4-3-5-7-11/h3-7,9H,2,8,10H2,1H3. The minimum Gasteiger partial charge on any atom is -0.291 e. The zero-order chi connectivity index (χ0) is 12.8. The fourth-order valence-electron chi connectivity index (χ4n) is 1.59. The van der Waals surface area contributed by atoms with Crippen molar-refractivity contribution < 1.29 is 4.79 Å². The Hall–Kier alpha value is -1.62. The number of hydrogen-bond acceptors (Lipinski definition) is 4. The predicted molar refractivity (Wildman–Crippen MR) is 71.8 cm³/mol. The van der Waals surface area contributed by atoms with E-state index >= 15 is 0 Å². The molecule has 0 aliphatic carbocycles. The number of hydrogen-bond donors (Lipinski definition) is 0. The van der Waals surface area contributed by atoms with Crippen molar-refractivity contribution in [2.24, 2.45) is 0 Å². The predicted octanol–water partition coefficient (Wildman–Crippen LogP) is 2.66. The molecule has 5 heteroatoms. The summed E-state index contributed by atoms with van der Waals surface area (Å²) in [6.45, 7) is 2.78. The number of ketones is 1. The summed E-state index contributed by atoms with van der Waals surface area (Å²) in [6, 6.07) is 9.90. The van der Waals surface area contributed by atoms with Gasteiger partial charge >= 0.3 is 0 Å². The van der Waals surface area contributed by atoms with Crippen molar-refractivity contribution in [1.29, 1.82) is 0 Å². The monoisotopic (exact) mass is 261 g/mol. The van der Waals surface area contributed by atoms with Crippen molar-refractivity contribution in [1.82, 2.24) is 15.0 Å². The van der Waals surface area contributed by atoms with Crippen LogP contribution in [-0.2, 0) is 6.54 Å². The number of aromatic nitrogens is 3. The largest absolute Gasteiger partial charge is 0.291 e. The van der Waals surface area contributed by atoms with Crippen LogP contribution in [0.5, 0.6) is 0 Å². The van der Waals surface area contributed by atoms with Crippen molar-refractivity contribution in [3.63, 3.8) is 0 Å². The average molecular weight is 261 g/mol. The Bertz CT molecular complexity index is 510. The van der Waals surface area contributed by atoms with E-state index in [-0.39, 0.29) is 5.78 Å². The number of Topliss-reactive ketones (excluding diaryl/α,β-unsaturated/α-hetero) is 1. The number of rotatable bonds is 6. The Balaban J connectivity index is 1.97. The molecule has 4 nitrogen and oxygen atoms in total. The molecule has 18 heavy (non-hydrogen) atoms. The highest BCUT2D eigenvalue weighted by Gasteiger charge is 2.12. The van der Waals surface area contributed by atoms with Crippen LogP contribution in [0.15, 0.2) is 41.4 Å². The van der Waals surface area contributed by atoms with Gasteiger partial charge in [-0.3, -0.25) is 4.79 Å². The molecular weight excluding hydrogens is 246 g/mol. The Kier molecular flexibility index (Phi) is 4.52. The summed E-state index contributed by atoms with van der Waals surface area (Å²) < 4.78 is 1.67. The lowest BCUT2D eigenvalue weighted by Gasteiger charge is -2.03. The molecule has 0 spiro atoms. The van der Waals surface area contributed by atoms with Crippen molar-refractivity contribution >= 4 is 17.5 Å². The van der Waals surface area contributed by atoms with Gasteiger partial charge in [-0.15, -0.1) is 16.9 Å². The fourth-order valence-corrected chi connectivity index (χ4v) is 2.39. The topological polar surface area (TPSA) is 47.8 Å². The minimum atomic E-state index is 0.0716. The fraction of sp³-hybridized carbons (Fsp3) is 0.308. The van der Waals surface area contributed by atoms with E-state index in [4.69, 9.17) is 0 Å². The van der Waals surface area contributed by atoms with Crippen LogP contribution in [0.4, 0.5) is 0 Å². The molecule has 0 fully saturated rings. The van der Waals surface area contributed by atoms with Crippen LogP contribution >= 0.6 is 11.8 Å². The van der Waals surface area contributed by atoms with Gasteiger partial charge in [0.15, 0.2) is 5.78 Å². The highest BCUT2D eigenvalue weighted by Crippen LogP contribution is 2.18. The molecule has 0 atom stereocenters. The molecule has 0 radical (unpaired) electrons. The van der Waals surface area contributed by atoms with E-state index in [0.717, 1.165) is 17.9 Å². The first-order valence-electron chi connectivity index (χ1n) is 5.90. The summed E-state index contributed by atoms with van der Waals surface area (Å²) >= 11 is 1.54. The lowest BCUT2D eigenvalue weighted by molar-refractivity contribution is 0.101. The maximum absolute atomic E-state index is 12.1. The van der Waals surface area contributed by atoms with Gasteiger partial charge in [0.1, 0.15) is 5.69 Å². The number of benzene rings is 1. The summed E-state index contributed by atoms with van der Waals surface area (Å²) in [5, 5.41) is 7.72. The van der Waals surface area contributed by atoms with Gasteiger partial charge in [0, 0.05) is 11.4 Å². The van der Waals surface area contributed by atoms with Crippen LogP contribution in [0.25, 0.3) is 0 Å². The molecular formula is C13H15N3OS. The van der Waals surface area contributed by atoms with Crippen molar-refractivity contribution in [3.05, 3.63) is 42.2 Å². The summed E-state index contributed by atoms with van der Waals surface area (Å²) in [6.07, 6.45) is 2.49. The number of thioether (sulfide) groups is 1. The average Bonchev–Trinajstić information content (AvgIpc) is 2.86. The number of carbonyl (C=O) groups excluding carboxylic acids is 1. The molecule has 0 aliphatic heterocycles. The number of aryl methyl sites for hydroxylation is 1. The molecule has 0 unspecified atom stereocenters. The normalized spacial score (nSPS) is 10.5. The second-order valence-corrected chi connectivity index (χ2v) is 4.92. The van der Waals surface area contributed by atoms with Crippen LogP contribution in [0, 0.1) is 0 Å². The van der Waals surface area contributed by atoms with E-state index in [1.807, 2.05) is 30.3 Å². The van der Waals surface area contributed by atoms with Crippen LogP contribution in [0.1, 0.15) is 23.8 Å². The summed E-state index contributed by atoms with van der Waals surface area (Å²) in [5.74, 6) is 0.489. The zero-order valence-corrected chi connectivity index (χ0v) is 11.1. The van der Waals surface area contributed by atoms with Crippen LogP contribution in [-0.4, -0.2) is 26.5 Å². The van der Waals surface area contributed by atoms with Gasteiger partial charge in [0.25, 0.3) is 0 Å².